The Balaban J connectivity index is 1.56. The van der Waals surface area contributed by atoms with Gasteiger partial charge in [0.25, 0.3) is 5.91 Å². The van der Waals surface area contributed by atoms with Crippen molar-refractivity contribution in [3.8, 4) is 17.7 Å². The number of pyridine rings is 1. The first-order chi connectivity index (χ1) is 14.1. The van der Waals surface area contributed by atoms with Gasteiger partial charge in [-0.15, -0.1) is 0 Å². The van der Waals surface area contributed by atoms with Crippen molar-refractivity contribution in [3.05, 3.63) is 82.6 Å². The fourth-order valence-electron chi connectivity index (χ4n) is 2.96. The van der Waals surface area contributed by atoms with Crippen molar-refractivity contribution in [3.63, 3.8) is 0 Å². The summed E-state index contributed by atoms with van der Waals surface area (Å²) in [6.45, 7) is 1.85. The van der Waals surface area contributed by atoms with E-state index in [0.717, 1.165) is 16.5 Å². The second-order valence-electron chi connectivity index (χ2n) is 6.36. The molecule has 2 aromatic heterocycles. The van der Waals surface area contributed by atoms with Crippen molar-refractivity contribution in [2.24, 2.45) is 0 Å². The Morgan fingerprint density at radius 1 is 1.21 bits per heavy atom. The Bertz CT molecular complexity index is 1270. The number of para-hydroxylation sites is 1. The predicted molar refractivity (Wildman–Crippen MR) is 111 cm³/mol. The third kappa shape index (κ3) is 3.64. The maximum absolute atomic E-state index is 12.7. The lowest BCUT2D eigenvalue weighted by molar-refractivity contribution is 0.102. The number of halogens is 1. The van der Waals surface area contributed by atoms with E-state index in [1.165, 1.54) is 0 Å². The molecule has 2 N–H and O–H groups in total. The number of aromatic amines is 1. The third-order valence-corrected chi connectivity index (χ3v) is 4.81. The maximum atomic E-state index is 12.7. The second kappa shape index (κ2) is 7.66. The summed E-state index contributed by atoms with van der Waals surface area (Å²) in [5.41, 5.74) is 2.86. The van der Waals surface area contributed by atoms with Gasteiger partial charge in [0.15, 0.2) is 0 Å². The van der Waals surface area contributed by atoms with E-state index in [0.29, 0.717) is 27.7 Å². The van der Waals surface area contributed by atoms with Crippen LogP contribution in [0.3, 0.4) is 0 Å². The highest BCUT2D eigenvalue weighted by Crippen LogP contribution is 2.30. The molecule has 0 radical (unpaired) electrons. The second-order valence-corrected chi connectivity index (χ2v) is 6.74. The van der Waals surface area contributed by atoms with Crippen LogP contribution in [0.4, 0.5) is 5.69 Å². The molecule has 0 unspecified atom stereocenters. The Kier molecular flexibility index (Phi) is 4.90. The minimum atomic E-state index is -0.334. The molecule has 1 amide bonds. The Morgan fingerprint density at radius 2 is 2.03 bits per heavy atom. The number of hydrogen-bond donors (Lipinski definition) is 2. The number of rotatable bonds is 4. The van der Waals surface area contributed by atoms with Gasteiger partial charge in [-0.25, -0.2) is 4.98 Å². The van der Waals surface area contributed by atoms with Crippen LogP contribution in [0.25, 0.3) is 10.9 Å². The van der Waals surface area contributed by atoms with Crippen LogP contribution in [0.2, 0.25) is 5.02 Å². The van der Waals surface area contributed by atoms with Gasteiger partial charge < -0.3 is 15.0 Å². The number of ether oxygens (including phenoxy) is 1. The normalized spacial score (nSPS) is 10.5. The average Bonchev–Trinajstić information content (AvgIpc) is 3.07. The number of amides is 1. The number of carbonyl (C=O) groups is 1. The van der Waals surface area contributed by atoms with E-state index in [4.69, 9.17) is 21.6 Å². The molecule has 0 aliphatic carbocycles. The van der Waals surface area contributed by atoms with E-state index in [2.05, 4.69) is 15.3 Å². The van der Waals surface area contributed by atoms with Crippen LogP contribution >= 0.6 is 11.6 Å². The molecule has 4 rings (SSSR count). The van der Waals surface area contributed by atoms with Crippen LogP contribution < -0.4 is 10.1 Å². The molecule has 7 heteroatoms. The van der Waals surface area contributed by atoms with E-state index in [9.17, 15) is 4.79 Å². The first-order valence-corrected chi connectivity index (χ1v) is 9.16. The van der Waals surface area contributed by atoms with Crippen molar-refractivity contribution in [1.82, 2.24) is 9.97 Å². The van der Waals surface area contributed by atoms with Gasteiger partial charge in [0, 0.05) is 22.8 Å². The van der Waals surface area contributed by atoms with E-state index in [1.54, 1.807) is 36.5 Å². The van der Waals surface area contributed by atoms with Crippen LogP contribution in [-0.2, 0) is 0 Å². The molecule has 0 aliphatic rings. The summed E-state index contributed by atoms with van der Waals surface area (Å²) < 4.78 is 5.71. The molecular formula is C22H15ClN4O2. The number of nitriles is 1. The summed E-state index contributed by atoms with van der Waals surface area (Å²) in [7, 11) is 0. The van der Waals surface area contributed by atoms with Crippen LogP contribution in [0, 0.1) is 18.3 Å². The minimum Gasteiger partial charge on any atom is -0.438 e. The zero-order valence-corrected chi connectivity index (χ0v) is 16.1. The number of anilines is 1. The summed E-state index contributed by atoms with van der Waals surface area (Å²) >= 11 is 6.36. The standard InChI is InChI=1S/C22H15ClN4O2/c1-13-11-15(29-22-14(12-24)5-4-10-25-22)8-9-17(13)27-21(28)20-19(23)16-6-2-3-7-18(16)26-20/h2-11,26H,1H3,(H,27,28). The third-order valence-electron chi connectivity index (χ3n) is 4.42. The maximum Gasteiger partial charge on any atom is 0.273 e. The summed E-state index contributed by atoms with van der Waals surface area (Å²) in [4.78, 5) is 19.8. The molecule has 0 spiro atoms. The zero-order chi connectivity index (χ0) is 20.4. The SMILES string of the molecule is Cc1cc(Oc2ncccc2C#N)ccc1NC(=O)c1[nH]c2ccccc2c1Cl. The Morgan fingerprint density at radius 3 is 2.79 bits per heavy atom. The molecule has 2 aromatic carbocycles. The molecule has 0 atom stereocenters. The first-order valence-electron chi connectivity index (χ1n) is 8.78. The van der Waals surface area contributed by atoms with Crippen molar-refractivity contribution in [2.45, 2.75) is 6.92 Å². The number of hydrogen-bond acceptors (Lipinski definition) is 4. The fourth-order valence-corrected chi connectivity index (χ4v) is 3.26. The molecule has 29 heavy (non-hydrogen) atoms. The Labute approximate surface area is 171 Å². The van der Waals surface area contributed by atoms with Gasteiger partial charge in [-0.2, -0.15) is 5.26 Å². The smallest absolute Gasteiger partial charge is 0.273 e. The Hall–Kier alpha value is -3.82. The molecule has 0 saturated carbocycles. The van der Waals surface area contributed by atoms with Crippen LogP contribution in [0.15, 0.2) is 60.8 Å². The zero-order valence-electron chi connectivity index (χ0n) is 15.4. The number of nitrogens with one attached hydrogen (secondary N) is 2. The van der Waals surface area contributed by atoms with Gasteiger partial charge in [0.2, 0.25) is 5.88 Å². The molecule has 0 fully saturated rings. The summed E-state index contributed by atoms with van der Waals surface area (Å²) in [5.74, 6) is 0.412. The fraction of sp³-hybridized carbons (Fsp3) is 0.0455. The molecular weight excluding hydrogens is 388 g/mol. The molecule has 2 heterocycles. The highest BCUT2D eigenvalue weighted by molar-refractivity contribution is 6.39. The summed E-state index contributed by atoms with van der Waals surface area (Å²) in [6, 6.07) is 18.0. The van der Waals surface area contributed by atoms with Gasteiger partial charge in [0.1, 0.15) is 23.1 Å². The van der Waals surface area contributed by atoms with Gasteiger partial charge >= 0.3 is 0 Å². The number of benzene rings is 2. The van der Waals surface area contributed by atoms with Crippen LogP contribution in [-0.4, -0.2) is 15.9 Å². The highest BCUT2D eigenvalue weighted by atomic mass is 35.5. The number of carbonyl (C=O) groups excluding carboxylic acids is 1. The molecule has 4 aromatic rings. The monoisotopic (exact) mass is 402 g/mol. The summed E-state index contributed by atoms with van der Waals surface area (Å²) in [5, 5.41) is 13.2. The lowest BCUT2D eigenvalue weighted by Crippen LogP contribution is -2.13. The first kappa shape index (κ1) is 18.5. The molecule has 0 bridgehead atoms. The van der Waals surface area contributed by atoms with E-state index in [-0.39, 0.29) is 11.8 Å². The predicted octanol–water partition coefficient (Wildman–Crippen LogP) is 5.44. The lowest BCUT2D eigenvalue weighted by atomic mass is 10.2. The summed E-state index contributed by atoms with van der Waals surface area (Å²) in [6.07, 6.45) is 1.56. The number of aromatic nitrogens is 2. The van der Waals surface area contributed by atoms with Crippen molar-refractivity contribution < 1.29 is 9.53 Å². The van der Waals surface area contributed by atoms with Crippen LogP contribution in [0.1, 0.15) is 21.6 Å². The number of nitrogens with zero attached hydrogens (tertiary/aromatic N) is 2. The van der Waals surface area contributed by atoms with Crippen molar-refractivity contribution >= 4 is 34.1 Å². The average molecular weight is 403 g/mol. The molecule has 0 saturated heterocycles. The van der Waals surface area contributed by atoms with Gasteiger partial charge in [0.05, 0.1) is 5.02 Å². The quantitative estimate of drug-likeness (QED) is 0.475. The molecule has 6 nitrogen and oxygen atoms in total. The van der Waals surface area contributed by atoms with Crippen molar-refractivity contribution in [1.29, 1.82) is 5.26 Å². The van der Waals surface area contributed by atoms with Gasteiger partial charge in [-0.3, -0.25) is 4.79 Å². The molecule has 142 valence electrons. The van der Waals surface area contributed by atoms with Crippen molar-refractivity contribution in [2.75, 3.05) is 5.32 Å². The van der Waals surface area contributed by atoms with E-state index in [1.807, 2.05) is 37.3 Å². The van der Waals surface area contributed by atoms with E-state index < -0.39 is 0 Å². The minimum absolute atomic E-state index is 0.232. The number of fused-ring (bicyclic) bond motifs is 1. The van der Waals surface area contributed by atoms with Gasteiger partial charge in [-0.05, 0) is 48.9 Å². The topological polar surface area (TPSA) is 90.8 Å². The largest absolute Gasteiger partial charge is 0.438 e. The molecule has 0 aliphatic heterocycles. The van der Waals surface area contributed by atoms with Gasteiger partial charge in [-0.1, -0.05) is 29.8 Å². The number of H-pyrrole nitrogens is 1. The highest BCUT2D eigenvalue weighted by Gasteiger charge is 2.17. The van der Waals surface area contributed by atoms with E-state index >= 15 is 0 Å². The van der Waals surface area contributed by atoms with Crippen LogP contribution in [0.5, 0.6) is 11.6 Å². The number of aryl methyl sites for hydroxylation is 1. The lowest BCUT2D eigenvalue weighted by Gasteiger charge is -2.11.